The van der Waals surface area contributed by atoms with Crippen molar-refractivity contribution in [1.82, 2.24) is 5.32 Å². The Morgan fingerprint density at radius 3 is 2.76 bits per heavy atom. The second kappa shape index (κ2) is 6.25. The van der Waals surface area contributed by atoms with Gasteiger partial charge < -0.3 is 15.8 Å². The Hall–Kier alpha value is -1.55. The molecule has 0 fully saturated rings. The number of nitrogens with one attached hydrogen (secondary N) is 1. The first-order valence-corrected chi connectivity index (χ1v) is 5.84. The fourth-order valence-electron chi connectivity index (χ4n) is 1.54. The number of rotatable bonds is 6. The largest absolute Gasteiger partial charge is 0.481 e. The predicted molar refractivity (Wildman–Crippen MR) is 67.8 cm³/mol. The minimum absolute atomic E-state index is 0.257. The van der Waals surface area contributed by atoms with Gasteiger partial charge in [0.2, 0.25) is 0 Å². The van der Waals surface area contributed by atoms with Crippen LogP contribution in [0.4, 0.5) is 0 Å². The number of nitrogens with two attached hydrogens (primary N) is 1. The molecule has 0 aliphatic carbocycles. The summed E-state index contributed by atoms with van der Waals surface area (Å²) < 4.78 is 5.44. The molecule has 94 valence electrons. The lowest BCUT2D eigenvalue weighted by atomic mass is 10.1. The normalized spacial score (nSPS) is 14.1. The van der Waals surface area contributed by atoms with Crippen molar-refractivity contribution in [1.29, 1.82) is 0 Å². The molecule has 4 nitrogen and oxygen atoms in total. The maximum Gasteiger partial charge on any atom is 0.258 e. The van der Waals surface area contributed by atoms with Crippen LogP contribution in [0.5, 0.6) is 5.75 Å². The van der Waals surface area contributed by atoms with E-state index in [0.717, 1.165) is 12.1 Å². The monoisotopic (exact) mass is 236 g/mol. The highest BCUT2D eigenvalue weighted by Crippen LogP contribution is 2.19. The molecule has 1 amide bonds. The summed E-state index contributed by atoms with van der Waals surface area (Å²) in [7, 11) is 0. The predicted octanol–water partition coefficient (Wildman–Crippen LogP) is 1.61. The van der Waals surface area contributed by atoms with Crippen LogP contribution in [0.15, 0.2) is 24.3 Å². The minimum atomic E-state index is -0.611. The van der Waals surface area contributed by atoms with E-state index < -0.39 is 12.0 Å². The molecule has 4 heteroatoms. The van der Waals surface area contributed by atoms with Gasteiger partial charge in [0, 0.05) is 6.04 Å². The summed E-state index contributed by atoms with van der Waals surface area (Å²) in [6, 6.07) is 7.93. The van der Waals surface area contributed by atoms with Gasteiger partial charge >= 0.3 is 0 Å². The van der Waals surface area contributed by atoms with Gasteiger partial charge in [-0.3, -0.25) is 4.79 Å². The molecular formula is C13H20N2O2. The van der Waals surface area contributed by atoms with Crippen molar-refractivity contribution in [3.05, 3.63) is 29.8 Å². The first-order valence-electron chi connectivity index (χ1n) is 5.84. The molecule has 0 heterocycles. The Kier molecular flexibility index (Phi) is 4.97. The van der Waals surface area contributed by atoms with Crippen LogP contribution >= 0.6 is 0 Å². The van der Waals surface area contributed by atoms with Gasteiger partial charge in [-0.1, -0.05) is 19.1 Å². The van der Waals surface area contributed by atoms with Gasteiger partial charge in [-0.25, -0.2) is 0 Å². The lowest BCUT2D eigenvalue weighted by Gasteiger charge is -2.16. The smallest absolute Gasteiger partial charge is 0.258 e. The van der Waals surface area contributed by atoms with Gasteiger partial charge in [0.25, 0.3) is 5.91 Å². The zero-order valence-electron chi connectivity index (χ0n) is 10.6. The van der Waals surface area contributed by atoms with E-state index in [0.29, 0.717) is 5.75 Å². The summed E-state index contributed by atoms with van der Waals surface area (Å²) in [5.41, 5.74) is 6.28. The Balaban J connectivity index is 2.75. The lowest BCUT2D eigenvalue weighted by molar-refractivity contribution is -0.123. The molecule has 1 rings (SSSR count). The first kappa shape index (κ1) is 13.5. The number of carbonyl (C=O) groups excluding carboxylic acids is 1. The van der Waals surface area contributed by atoms with Crippen molar-refractivity contribution in [3.8, 4) is 5.75 Å². The summed E-state index contributed by atoms with van der Waals surface area (Å²) >= 11 is 0. The number of amides is 1. The van der Waals surface area contributed by atoms with Crippen molar-refractivity contribution >= 4 is 5.91 Å². The van der Waals surface area contributed by atoms with Crippen LogP contribution < -0.4 is 15.8 Å². The number of hydrogen-bond acceptors (Lipinski definition) is 3. The van der Waals surface area contributed by atoms with Gasteiger partial charge in [-0.15, -0.1) is 0 Å². The van der Waals surface area contributed by atoms with E-state index in [4.69, 9.17) is 10.5 Å². The highest BCUT2D eigenvalue weighted by atomic mass is 16.5. The van der Waals surface area contributed by atoms with E-state index in [1.54, 1.807) is 6.92 Å². The molecule has 0 radical (unpaired) electrons. The summed E-state index contributed by atoms with van der Waals surface area (Å²) in [4.78, 5) is 10.9. The molecule has 0 aliphatic heterocycles. The fourth-order valence-corrected chi connectivity index (χ4v) is 1.54. The molecule has 0 saturated heterocycles. The van der Waals surface area contributed by atoms with Crippen LogP contribution in [0.3, 0.4) is 0 Å². The van der Waals surface area contributed by atoms with Crippen LogP contribution in [-0.4, -0.2) is 18.6 Å². The number of carbonyl (C=O) groups is 1. The quantitative estimate of drug-likeness (QED) is 0.788. The Morgan fingerprint density at radius 2 is 2.18 bits per heavy atom. The maximum absolute atomic E-state index is 10.9. The van der Waals surface area contributed by atoms with E-state index in [1.165, 1.54) is 0 Å². The summed E-state index contributed by atoms with van der Waals surface area (Å²) in [5.74, 6) is 0.202. The van der Waals surface area contributed by atoms with E-state index in [2.05, 4.69) is 19.2 Å². The molecule has 0 spiro atoms. The molecule has 1 aromatic rings. The molecule has 1 aromatic carbocycles. The zero-order valence-corrected chi connectivity index (χ0v) is 10.6. The molecule has 0 aromatic heterocycles. The lowest BCUT2D eigenvalue weighted by Crippen LogP contribution is -2.30. The van der Waals surface area contributed by atoms with E-state index in [9.17, 15) is 4.79 Å². The molecule has 3 N–H and O–H groups in total. The fraction of sp³-hybridized carbons (Fsp3) is 0.462. The standard InChI is InChI=1S/C13H20N2O2/c1-4-15-9(2)11-6-5-7-12(8-11)17-10(3)13(14)16/h5-10,15H,4H2,1-3H3,(H2,14,16). The molecule has 0 saturated carbocycles. The van der Waals surface area contributed by atoms with Crippen molar-refractivity contribution in [2.24, 2.45) is 5.73 Å². The highest BCUT2D eigenvalue weighted by Gasteiger charge is 2.11. The van der Waals surface area contributed by atoms with Crippen LogP contribution in [0.25, 0.3) is 0 Å². The Morgan fingerprint density at radius 1 is 1.47 bits per heavy atom. The molecule has 2 atom stereocenters. The molecule has 0 bridgehead atoms. The van der Waals surface area contributed by atoms with Gasteiger partial charge in [0.15, 0.2) is 6.10 Å². The summed E-state index contributed by atoms with van der Waals surface area (Å²) in [6.45, 7) is 6.69. The average molecular weight is 236 g/mol. The van der Waals surface area contributed by atoms with Crippen LogP contribution in [0.2, 0.25) is 0 Å². The molecule has 2 unspecified atom stereocenters. The Bertz CT molecular complexity index is 379. The van der Waals surface area contributed by atoms with Crippen molar-refractivity contribution in [2.45, 2.75) is 32.9 Å². The third-order valence-corrected chi connectivity index (χ3v) is 2.58. The van der Waals surface area contributed by atoms with Gasteiger partial charge in [-0.2, -0.15) is 0 Å². The summed E-state index contributed by atoms with van der Waals surface area (Å²) in [5, 5.41) is 3.32. The van der Waals surface area contributed by atoms with Gasteiger partial charge in [0.1, 0.15) is 5.75 Å². The average Bonchev–Trinajstić information content (AvgIpc) is 2.29. The van der Waals surface area contributed by atoms with Crippen LogP contribution in [0, 0.1) is 0 Å². The second-order valence-electron chi connectivity index (χ2n) is 4.01. The zero-order chi connectivity index (χ0) is 12.8. The van der Waals surface area contributed by atoms with Gasteiger partial charge in [0.05, 0.1) is 0 Å². The van der Waals surface area contributed by atoms with Crippen molar-refractivity contribution in [2.75, 3.05) is 6.54 Å². The van der Waals surface area contributed by atoms with E-state index in [1.807, 2.05) is 24.3 Å². The molecule has 17 heavy (non-hydrogen) atoms. The van der Waals surface area contributed by atoms with E-state index in [-0.39, 0.29) is 6.04 Å². The third kappa shape index (κ3) is 4.07. The van der Waals surface area contributed by atoms with Crippen LogP contribution in [0.1, 0.15) is 32.4 Å². The second-order valence-corrected chi connectivity index (χ2v) is 4.01. The first-order chi connectivity index (χ1) is 8.04. The van der Waals surface area contributed by atoms with Crippen molar-refractivity contribution < 1.29 is 9.53 Å². The van der Waals surface area contributed by atoms with Crippen LogP contribution in [-0.2, 0) is 4.79 Å². The number of hydrogen-bond donors (Lipinski definition) is 2. The number of primary amides is 1. The maximum atomic E-state index is 10.9. The third-order valence-electron chi connectivity index (χ3n) is 2.58. The molecular weight excluding hydrogens is 216 g/mol. The number of benzene rings is 1. The van der Waals surface area contributed by atoms with Crippen molar-refractivity contribution in [3.63, 3.8) is 0 Å². The van der Waals surface area contributed by atoms with Gasteiger partial charge in [-0.05, 0) is 38.1 Å². The Labute approximate surface area is 102 Å². The minimum Gasteiger partial charge on any atom is -0.481 e. The molecule has 0 aliphatic rings. The topological polar surface area (TPSA) is 64.3 Å². The number of ether oxygens (including phenoxy) is 1. The highest BCUT2D eigenvalue weighted by molar-refractivity contribution is 5.78. The SMILES string of the molecule is CCNC(C)c1cccc(OC(C)C(N)=O)c1. The summed E-state index contributed by atoms with van der Waals surface area (Å²) in [6.07, 6.45) is -0.611. The van der Waals surface area contributed by atoms with E-state index >= 15 is 0 Å².